The van der Waals surface area contributed by atoms with Crippen molar-refractivity contribution in [3.8, 4) is 0 Å². The highest BCUT2D eigenvalue weighted by molar-refractivity contribution is 5.93. The summed E-state index contributed by atoms with van der Waals surface area (Å²) in [6.45, 7) is 4.52. The fraction of sp³-hybridized carbons (Fsp3) is 0.435. The molecule has 1 fully saturated rings. The van der Waals surface area contributed by atoms with Crippen molar-refractivity contribution in [3.05, 3.63) is 66.2 Å². The summed E-state index contributed by atoms with van der Waals surface area (Å²) >= 11 is 0. The number of para-hydroxylation sites is 1. The summed E-state index contributed by atoms with van der Waals surface area (Å²) in [7, 11) is 1.76. The Labute approximate surface area is 162 Å². The molecule has 2 atom stereocenters. The highest BCUT2D eigenvalue weighted by atomic mass is 16.5. The van der Waals surface area contributed by atoms with E-state index in [4.69, 9.17) is 4.74 Å². The monoisotopic (exact) mass is 366 g/mol. The Hall–Kier alpha value is -2.17. The lowest BCUT2D eigenvalue weighted by atomic mass is 9.94. The molecule has 2 unspecified atom stereocenters. The Kier molecular flexibility index (Phi) is 7.02. The summed E-state index contributed by atoms with van der Waals surface area (Å²) in [5.74, 6) is 0.193. The first-order valence-corrected chi connectivity index (χ1v) is 9.87. The molecule has 4 heteroatoms. The third kappa shape index (κ3) is 4.96. The number of rotatable bonds is 7. The lowest BCUT2D eigenvalue weighted by Gasteiger charge is -2.43. The zero-order valence-corrected chi connectivity index (χ0v) is 16.4. The van der Waals surface area contributed by atoms with Crippen molar-refractivity contribution in [1.82, 2.24) is 4.90 Å². The molecule has 3 rings (SSSR count). The van der Waals surface area contributed by atoms with Gasteiger partial charge in [-0.15, -0.1) is 0 Å². The summed E-state index contributed by atoms with van der Waals surface area (Å²) in [4.78, 5) is 17.2. The second kappa shape index (κ2) is 9.67. The molecule has 2 aromatic rings. The number of methoxy groups -OCH3 is 1. The molecular formula is C23H30N2O2. The van der Waals surface area contributed by atoms with Crippen LogP contribution >= 0.6 is 0 Å². The van der Waals surface area contributed by atoms with Crippen molar-refractivity contribution < 1.29 is 9.53 Å². The minimum atomic E-state index is 0.193. The fourth-order valence-corrected chi connectivity index (χ4v) is 4.02. The van der Waals surface area contributed by atoms with Crippen molar-refractivity contribution in [3.63, 3.8) is 0 Å². The maximum Gasteiger partial charge on any atom is 0.226 e. The molecule has 0 saturated carbocycles. The average Bonchev–Trinajstić information content (AvgIpc) is 2.71. The Morgan fingerprint density at radius 1 is 1.11 bits per heavy atom. The molecule has 1 aliphatic rings. The molecule has 1 aliphatic heterocycles. The molecule has 0 aromatic heterocycles. The smallest absolute Gasteiger partial charge is 0.226 e. The minimum Gasteiger partial charge on any atom is -0.383 e. The molecule has 0 radical (unpaired) electrons. The molecule has 0 aliphatic carbocycles. The van der Waals surface area contributed by atoms with Crippen LogP contribution in [0.25, 0.3) is 0 Å². The number of piperidine rings is 1. The highest BCUT2D eigenvalue weighted by Crippen LogP contribution is 2.28. The predicted octanol–water partition coefficient (Wildman–Crippen LogP) is 4.11. The van der Waals surface area contributed by atoms with Gasteiger partial charge in [0.15, 0.2) is 0 Å². The normalized spacial score (nSPS) is 20.4. The van der Waals surface area contributed by atoms with Crippen LogP contribution < -0.4 is 4.90 Å². The highest BCUT2D eigenvalue weighted by Gasteiger charge is 2.34. The molecular weight excluding hydrogens is 336 g/mol. The van der Waals surface area contributed by atoms with Crippen molar-refractivity contribution in [1.29, 1.82) is 0 Å². The summed E-state index contributed by atoms with van der Waals surface area (Å²) in [5, 5.41) is 0. The van der Waals surface area contributed by atoms with E-state index >= 15 is 0 Å². The number of ether oxygens (including phenoxy) is 1. The van der Waals surface area contributed by atoms with Crippen molar-refractivity contribution >= 4 is 11.6 Å². The maximum absolute atomic E-state index is 12.7. The first-order valence-electron chi connectivity index (χ1n) is 9.87. The first-order chi connectivity index (χ1) is 13.2. The van der Waals surface area contributed by atoms with Gasteiger partial charge in [-0.1, -0.05) is 55.5 Å². The third-order valence-electron chi connectivity index (χ3n) is 5.37. The molecule has 4 nitrogen and oxygen atoms in total. The fourth-order valence-electron chi connectivity index (χ4n) is 4.02. The van der Waals surface area contributed by atoms with Crippen molar-refractivity contribution in [2.75, 3.05) is 25.2 Å². The van der Waals surface area contributed by atoms with Gasteiger partial charge in [0, 0.05) is 44.4 Å². The van der Waals surface area contributed by atoms with E-state index in [0.29, 0.717) is 19.1 Å². The largest absolute Gasteiger partial charge is 0.383 e. The van der Waals surface area contributed by atoms with Crippen LogP contribution in [0.2, 0.25) is 0 Å². The molecule has 1 amide bonds. The molecule has 27 heavy (non-hydrogen) atoms. The Bertz CT molecular complexity index is 705. The zero-order chi connectivity index (χ0) is 19.1. The van der Waals surface area contributed by atoms with Crippen LogP contribution in [0.3, 0.4) is 0 Å². The van der Waals surface area contributed by atoms with E-state index < -0.39 is 0 Å². The number of benzene rings is 2. The van der Waals surface area contributed by atoms with Gasteiger partial charge < -0.3 is 9.64 Å². The second-order valence-corrected chi connectivity index (χ2v) is 7.20. The van der Waals surface area contributed by atoms with Gasteiger partial charge in [-0.2, -0.15) is 0 Å². The zero-order valence-electron chi connectivity index (χ0n) is 16.4. The quantitative estimate of drug-likeness (QED) is 0.739. The first kappa shape index (κ1) is 19.6. The van der Waals surface area contributed by atoms with Gasteiger partial charge in [0.05, 0.1) is 6.61 Å². The molecule has 144 valence electrons. The number of carbonyl (C=O) groups is 1. The number of anilines is 1. The number of hydrogen-bond acceptors (Lipinski definition) is 3. The van der Waals surface area contributed by atoms with Gasteiger partial charge in [0.1, 0.15) is 0 Å². The van der Waals surface area contributed by atoms with Gasteiger partial charge in [-0.3, -0.25) is 9.69 Å². The molecule has 0 N–H and O–H groups in total. The van der Waals surface area contributed by atoms with Gasteiger partial charge in [-0.05, 0) is 30.5 Å². The molecule has 0 bridgehead atoms. The summed E-state index contributed by atoms with van der Waals surface area (Å²) in [6.07, 6.45) is 2.43. The van der Waals surface area contributed by atoms with E-state index in [2.05, 4.69) is 35.2 Å². The molecule has 2 aromatic carbocycles. The number of nitrogens with zero attached hydrogens (tertiary/aromatic N) is 2. The maximum atomic E-state index is 12.7. The van der Waals surface area contributed by atoms with Gasteiger partial charge in [-0.25, -0.2) is 0 Å². The Balaban J connectivity index is 1.76. The van der Waals surface area contributed by atoms with Crippen LogP contribution in [0.5, 0.6) is 0 Å². The lowest BCUT2D eigenvalue weighted by molar-refractivity contribution is -0.119. The Morgan fingerprint density at radius 2 is 1.78 bits per heavy atom. The molecule has 1 heterocycles. The van der Waals surface area contributed by atoms with Crippen LogP contribution in [0.4, 0.5) is 5.69 Å². The lowest BCUT2D eigenvalue weighted by Crippen LogP contribution is -2.52. The SMILES string of the molecule is CCC(=O)N(c1ccccc1)C1CCN(Cc2ccccc2)C(COC)C1. The number of carbonyl (C=O) groups excluding carboxylic acids is 1. The summed E-state index contributed by atoms with van der Waals surface area (Å²) < 4.78 is 5.52. The van der Waals surface area contributed by atoms with Crippen molar-refractivity contribution in [2.45, 2.75) is 44.8 Å². The van der Waals surface area contributed by atoms with E-state index in [9.17, 15) is 4.79 Å². The number of hydrogen-bond donors (Lipinski definition) is 0. The molecule has 0 spiro atoms. The second-order valence-electron chi connectivity index (χ2n) is 7.20. The van der Waals surface area contributed by atoms with Crippen molar-refractivity contribution in [2.24, 2.45) is 0 Å². The predicted molar refractivity (Wildman–Crippen MR) is 110 cm³/mol. The van der Waals surface area contributed by atoms with Crippen LogP contribution in [0.1, 0.15) is 31.7 Å². The number of likely N-dealkylation sites (tertiary alicyclic amines) is 1. The van der Waals surface area contributed by atoms with E-state index in [1.54, 1.807) is 7.11 Å². The van der Waals surface area contributed by atoms with Gasteiger partial charge in [0.2, 0.25) is 5.91 Å². The van der Waals surface area contributed by atoms with Crippen LogP contribution in [0.15, 0.2) is 60.7 Å². The Morgan fingerprint density at radius 3 is 2.41 bits per heavy atom. The number of amides is 1. The van der Waals surface area contributed by atoms with E-state index in [0.717, 1.165) is 31.6 Å². The van der Waals surface area contributed by atoms with E-state index in [-0.39, 0.29) is 11.9 Å². The van der Waals surface area contributed by atoms with E-state index in [1.165, 1.54) is 5.56 Å². The van der Waals surface area contributed by atoms with Gasteiger partial charge in [0.25, 0.3) is 0 Å². The summed E-state index contributed by atoms with van der Waals surface area (Å²) in [6, 6.07) is 21.2. The summed E-state index contributed by atoms with van der Waals surface area (Å²) in [5.41, 5.74) is 2.32. The third-order valence-corrected chi connectivity index (χ3v) is 5.37. The van der Waals surface area contributed by atoms with Gasteiger partial charge >= 0.3 is 0 Å². The molecule has 1 saturated heterocycles. The van der Waals surface area contributed by atoms with E-state index in [1.807, 2.05) is 42.2 Å². The standard InChI is InChI=1S/C23H30N2O2/c1-3-23(26)25(20-12-8-5-9-13-20)21-14-15-24(22(16-21)18-27-2)17-19-10-6-4-7-11-19/h4-13,21-22H,3,14-18H2,1-2H3. The van der Waals surface area contributed by atoms with Crippen LogP contribution in [0, 0.1) is 0 Å². The van der Waals surface area contributed by atoms with Crippen LogP contribution in [-0.4, -0.2) is 43.2 Å². The minimum absolute atomic E-state index is 0.193. The van der Waals surface area contributed by atoms with Crippen LogP contribution in [-0.2, 0) is 16.1 Å². The average molecular weight is 367 g/mol. The topological polar surface area (TPSA) is 32.8 Å².